The van der Waals surface area contributed by atoms with E-state index in [0.29, 0.717) is 11.6 Å². The summed E-state index contributed by atoms with van der Waals surface area (Å²) in [6.45, 7) is 2.49. The summed E-state index contributed by atoms with van der Waals surface area (Å²) in [5, 5.41) is 12.2. The van der Waals surface area contributed by atoms with Gasteiger partial charge in [-0.1, -0.05) is 0 Å². The van der Waals surface area contributed by atoms with Gasteiger partial charge in [-0.05, 0) is 44.4 Å². The van der Waals surface area contributed by atoms with Gasteiger partial charge in [-0.2, -0.15) is 5.26 Å². The second kappa shape index (κ2) is 4.95. The van der Waals surface area contributed by atoms with E-state index in [4.69, 9.17) is 5.26 Å². The first-order valence-corrected chi connectivity index (χ1v) is 6.72. The van der Waals surface area contributed by atoms with Crippen LogP contribution in [0.2, 0.25) is 0 Å². The number of fused-ring (bicyclic) bond motifs is 1. The average Bonchev–Trinajstić information content (AvgIpc) is 2.87. The fourth-order valence-electron chi connectivity index (χ4n) is 3.11. The number of hydrogen-bond acceptors (Lipinski definition) is 4. The van der Waals surface area contributed by atoms with Crippen LogP contribution >= 0.6 is 0 Å². The third-order valence-electron chi connectivity index (χ3n) is 4.07. The Hall–Kier alpha value is -1.60. The molecule has 0 aromatic carbocycles. The van der Waals surface area contributed by atoms with Gasteiger partial charge >= 0.3 is 0 Å². The van der Waals surface area contributed by atoms with Crippen molar-refractivity contribution in [2.75, 3.05) is 18.4 Å². The molecule has 1 N–H and O–H groups in total. The van der Waals surface area contributed by atoms with Crippen LogP contribution in [0.25, 0.3) is 0 Å². The monoisotopic (exact) mass is 242 g/mol. The van der Waals surface area contributed by atoms with E-state index in [1.165, 1.54) is 38.8 Å². The number of pyridine rings is 1. The molecule has 2 aliphatic heterocycles. The van der Waals surface area contributed by atoms with E-state index in [9.17, 15) is 0 Å². The Balaban J connectivity index is 1.60. The van der Waals surface area contributed by atoms with Crippen molar-refractivity contribution in [2.45, 2.75) is 37.8 Å². The van der Waals surface area contributed by atoms with Gasteiger partial charge in [0.2, 0.25) is 0 Å². The minimum absolute atomic E-state index is 0.532. The van der Waals surface area contributed by atoms with Crippen LogP contribution in [0.4, 0.5) is 5.82 Å². The van der Waals surface area contributed by atoms with Crippen molar-refractivity contribution in [3.8, 4) is 6.07 Å². The predicted octanol–water partition coefficient (Wildman–Crippen LogP) is 1.99. The summed E-state index contributed by atoms with van der Waals surface area (Å²) < 4.78 is 0. The highest BCUT2D eigenvalue weighted by Gasteiger charge is 2.31. The van der Waals surface area contributed by atoms with Gasteiger partial charge in [0.05, 0.1) is 5.56 Å². The van der Waals surface area contributed by atoms with E-state index in [1.807, 2.05) is 12.1 Å². The Morgan fingerprint density at radius 2 is 2.28 bits per heavy atom. The summed E-state index contributed by atoms with van der Waals surface area (Å²) in [7, 11) is 0. The van der Waals surface area contributed by atoms with E-state index in [1.54, 1.807) is 6.20 Å². The molecule has 0 aliphatic carbocycles. The van der Waals surface area contributed by atoms with Crippen molar-refractivity contribution in [1.29, 1.82) is 5.26 Å². The molecule has 4 nitrogen and oxygen atoms in total. The smallest absolute Gasteiger partial charge is 0.126 e. The van der Waals surface area contributed by atoms with Crippen LogP contribution in [-0.4, -0.2) is 35.1 Å². The third-order valence-corrected chi connectivity index (χ3v) is 4.07. The van der Waals surface area contributed by atoms with Crippen LogP contribution in [0, 0.1) is 11.3 Å². The number of rotatable bonds is 2. The molecule has 94 valence electrons. The van der Waals surface area contributed by atoms with E-state index in [0.717, 1.165) is 11.9 Å². The molecule has 0 saturated carbocycles. The first-order valence-electron chi connectivity index (χ1n) is 6.72. The molecule has 3 rings (SSSR count). The maximum Gasteiger partial charge on any atom is 0.126 e. The van der Waals surface area contributed by atoms with Crippen LogP contribution in [-0.2, 0) is 0 Å². The van der Waals surface area contributed by atoms with Crippen LogP contribution in [0.15, 0.2) is 18.3 Å². The zero-order valence-electron chi connectivity index (χ0n) is 10.5. The number of piperidine rings is 1. The maximum atomic E-state index is 8.74. The minimum Gasteiger partial charge on any atom is -0.367 e. The standard InChI is InChI=1S/C14H18N4/c15-9-11-3-4-14(16-10-11)17-12-5-7-18-6-1-2-13(18)8-12/h3-4,10,12-13H,1-2,5-8H2,(H,16,17). The van der Waals surface area contributed by atoms with Crippen molar-refractivity contribution < 1.29 is 0 Å². The molecule has 0 spiro atoms. The average molecular weight is 242 g/mol. The minimum atomic E-state index is 0.532. The van der Waals surface area contributed by atoms with Crippen molar-refractivity contribution in [3.05, 3.63) is 23.9 Å². The van der Waals surface area contributed by atoms with Crippen molar-refractivity contribution in [2.24, 2.45) is 0 Å². The molecule has 0 radical (unpaired) electrons. The fourth-order valence-corrected chi connectivity index (χ4v) is 3.11. The van der Waals surface area contributed by atoms with Gasteiger partial charge in [0.1, 0.15) is 11.9 Å². The number of hydrogen-bond donors (Lipinski definition) is 1. The second-order valence-corrected chi connectivity index (χ2v) is 5.24. The van der Waals surface area contributed by atoms with Crippen LogP contribution in [0.5, 0.6) is 0 Å². The van der Waals surface area contributed by atoms with Crippen LogP contribution in [0.3, 0.4) is 0 Å². The molecule has 1 aromatic heterocycles. The van der Waals surface area contributed by atoms with Gasteiger partial charge in [0.15, 0.2) is 0 Å². The molecule has 0 bridgehead atoms. The zero-order chi connectivity index (χ0) is 12.4. The molecule has 0 amide bonds. The van der Waals surface area contributed by atoms with Gasteiger partial charge < -0.3 is 10.2 Å². The van der Waals surface area contributed by atoms with E-state index in [-0.39, 0.29) is 0 Å². The topological polar surface area (TPSA) is 52.0 Å². The lowest BCUT2D eigenvalue weighted by Gasteiger charge is -2.35. The third kappa shape index (κ3) is 2.32. The molecule has 2 aliphatic rings. The van der Waals surface area contributed by atoms with Crippen molar-refractivity contribution >= 4 is 5.82 Å². The number of nitriles is 1. The number of nitrogens with one attached hydrogen (secondary N) is 1. The Morgan fingerprint density at radius 1 is 1.33 bits per heavy atom. The van der Waals surface area contributed by atoms with Gasteiger partial charge in [-0.3, -0.25) is 0 Å². The summed E-state index contributed by atoms with van der Waals surface area (Å²) in [6, 6.07) is 7.12. The van der Waals surface area contributed by atoms with Gasteiger partial charge in [0.25, 0.3) is 0 Å². The Morgan fingerprint density at radius 3 is 3.06 bits per heavy atom. The highest BCUT2D eigenvalue weighted by Crippen LogP contribution is 2.28. The van der Waals surface area contributed by atoms with E-state index in [2.05, 4.69) is 21.3 Å². The highest BCUT2D eigenvalue weighted by molar-refractivity contribution is 5.39. The quantitative estimate of drug-likeness (QED) is 0.861. The largest absolute Gasteiger partial charge is 0.367 e. The summed E-state index contributed by atoms with van der Waals surface area (Å²) in [5.74, 6) is 0.894. The lowest BCUT2D eigenvalue weighted by atomic mass is 9.97. The van der Waals surface area contributed by atoms with Crippen LogP contribution < -0.4 is 5.32 Å². The predicted molar refractivity (Wildman–Crippen MR) is 70.2 cm³/mol. The SMILES string of the molecule is N#Cc1ccc(NC2CCN3CCCC3C2)nc1. The lowest BCUT2D eigenvalue weighted by Crippen LogP contribution is -2.42. The summed E-state index contributed by atoms with van der Waals surface area (Å²) >= 11 is 0. The number of anilines is 1. The van der Waals surface area contributed by atoms with Gasteiger partial charge in [0, 0.05) is 24.8 Å². The van der Waals surface area contributed by atoms with Crippen molar-refractivity contribution in [3.63, 3.8) is 0 Å². The fraction of sp³-hybridized carbons (Fsp3) is 0.571. The maximum absolute atomic E-state index is 8.74. The molecular formula is C14H18N4. The zero-order valence-corrected chi connectivity index (χ0v) is 10.5. The Bertz CT molecular complexity index is 448. The molecule has 2 fully saturated rings. The van der Waals surface area contributed by atoms with Crippen LogP contribution in [0.1, 0.15) is 31.2 Å². The molecule has 3 heterocycles. The molecule has 18 heavy (non-hydrogen) atoms. The van der Waals surface area contributed by atoms with E-state index < -0.39 is 0 Å². The Labute approximate surface area is 108 Å². The molecule has 2 saturated heterocycles. The lowest BCUT2D eigenvalue weighted by molar-refractivity contribution is 0.188. The molecule has 1 aromatic rings. The highest BCUT2D eigenvalue weighted by atomic mass is 15.2. The Kier molecular flexibility index (Phi) is 3.16. The molecular weight excluding hydrogens is 224 g/mol. The summed E-state index contributed by atoms with van der Waals surface area (Å²) in [5.41, 5.74) is 0.617. The first-order chi connectivity index (χ1) is 8.85. The summed E-state index contributed by atoms with van der Waals surface area (Å²) in [6.07, 6.45) is 6.75. The van der Waals surface area contributed by atoms with Gasteiger partial charge in [-0.15, -0.1) is 0 Å². The first kappa shape index (κ1) is 11.5. The normalized spacial score (nSPS) is 27.5. The second-order valence-electron chi connectivity index (χ2n) is 5.24. The molecule has 2 unspecified atom stereocenters. The molecule has 4 heteroatoms. The van der Waals surface area contributed by atoms with Gasteiger partial charge in [-0.25, -0.2) is 4.98 Å². The molecule has 2 atom stereocenters. The van der Waals surface area contributed by atoms with E-state index >= 15 is 0 Å². The van der Waals surface area contributed by atoms with Crippen molar-refractivity contribution in [1.82, 2.24) is 9.88 Å². The number of nitrogens with zero attached hydrogens (tertiary/aromatic N) is 3. The number of aromatic nitrogens is 1. The summed E-state index contributed by atoms with van der Waals surface area (Å²) in [4.78, 5) is 6.90.